The lowest BCUT2D eigenvalue weighted by Crippen LogP contribution is -2.37. The summed E-state index contributed by atoms with van der Waals surface area (Å²) >= 11 is 4.41. The first-order valence-electron chi connectivity index (χ1n) is 6.87. The second-order valence-electron chi connectivity index (χ2n) is 4.67. The molecule has 1 aromatic heterocycles. The van der Waals surface area contributed by atoms with Crippen LogP contribution in [-0.2, 0) is 14.8 Å². The van der Waals surface area contributed by atoms with Gasteiger partial charge in [-0.1, -0.05) is 19.8 Å². The van der Waals surface area contributed by atoms with Gasteiger partial charge in [0.05, 0.1) is 3.79 Å². The smallest absolute Gasteiger partial charge is 0.250 e. The molecule has 0 atom stereocenters. The predicted octanol–water partition coefficient (Wildman–Crippen LogP) is 2.83. The summed E-state index contributed by atoms with van der Waals surface area (Å²) in [5.41, 5.74) is 0. The maximum Gasteiger partial charge on any atom is 0.250 e. The molecule has 1 amide bonds. The summed E-state index contributed by atoms with van der Waals surface area (Å²) < 4.78 is 27.6. The van der Waals surface area contributed by atoms with Gasteiger partial charge in [0.2, 0.25) is 15.9 Å². The quantitative estimate of drug-likeness (QED) is 0.652. The van der Waals surface area contributed by atoms with E-state index >= 15 is 0 Å². The minimum Gasteiger partial charge on any atom is -0.342 e. The molecule has 0 radical (unpaired) electrons. The SMILES string of the molecule is CCCCCN(CCNS(=O)(=O)c1ccc(Br)s1)C(C)=O. The number of sulfonamides is 1. The number of carbonyl (C=O) groups excluding carboxylic acids is 1. The minimum absolute atomic E-state index is 0.0239. The van der Waals surface area contributed by atoms with Gasteiger partial charge in [-0.05, 0) is 34.5 Å². The van der Waals surface area contributed by atoms with Gasteiger partial charge in [0.15, 0.2) is 0 Å². The summed E-state index contributed by atoms with van der Waals surface area (Å²) in [6.07, 6.45) is 3.10. The van der Waals surface area contributed by atoms with E-state index in [-0.39, 0.29) is 16.7 Å². The lowest BCUT2D eigenvalue weighted by molar-refractivity contribution is -0.128. The normalized spacial score (nSPS) is 11.6. The summed E-state index contributed by atoms with van der Waals surface area (Å²) in [6, 6.07) is 3.26. The monoisotopic (exact) mass is 396 g/mol. The first-order valence-corrected chi connectivity index (χ1v) is 9.96. The number of nitrogens with zero attached hydrogens (tertiary/aromatic N) is 1. The van der Waals surface area contributed by atoms with Crippen molar-refractivity contribution in [3.8, 4) is 0 Å². The topological polar surface area (TPSA) is 66.5 Å². The largest absolute Gasteiger partial charge is 0.342 e. The third-order valence-corrected chi connectivity index (χ3v) is 6.54. The zero-order valence-corrected chi connectivity index (χ0v) is 15.5. The Bertz CT molecular complexity index is 558. The lowest BCUT2D eigenvalue weighted by atomic mass is 10.2. The highest BCUT2D eigenvalue weighted by Gasteiger charge is 2.17. The third kappa shape index (κ3) is 6.46. The molecule has 0 aromatic carbocycles. The number of thiophene rings is 1. The van der Waals surface area contributed by atoms with Gasteiger partial charge in [-0.3, -0.25) is 4.79 Å². The van der Waals surface area contributed by atoms with E-state index in [1.807, 2.05) is 0 Å². The fraction of sp³-hybridized carbons (Fsp3) is 0.615. The summed E-state index contributed by atoms with van der Waals surface area (Å²) in [6.45, 7) is 4.91. The molecule has 1 rings (SSSR count). The van der Waals surface area contributed by atoms with E-state index in [4.69, 9.17) is 0 Å². The number of unbranched alkanes of at least 4 members (excludes halogenated alkanes) is 2. The Morgan fingerprint density at radius 2 is 2.05 bits per heavy atom. The van der Waals surface area contributed by atoms with Gasteiger partial charge in [-0.2, -0.15) is 0 Å². The van der Waals surface area contributed by atoms with Crippen LogP contribution in [0.1, 0.15) is 33.1 Å². The summed E-state index contributed by atoms with van der Waals surface area (Å²) in [7, 11) is -3.49. The van der Waals surface area contributed by atoms with Crippen molar-refractivity contribution in [2.75, 3.05) is 19.6 Å². The molecule has 21 heavy (non-hydrogen) atoms. The summed E-state index contributed by atoms with van der Waals surface area (Å²) in [5.74, 6) is -0.0239. The molecule has 5 nitrogen and oxygen atoms in total. The molecule has 0 spiro atoms. The molecule has 8 heteroatoms. The van der Waals surface area contributed by atoms with Crippen LogP contribution in [0.4, 0.5) is 0 Å². The van der Waals surface area contributed by atoms with Gasteiger partial charge in [-0.15, -0.1) is 11.3 Å². The second kappa shape index (κ2) is 8.87. The predicted molar refractivity (Wildman–Crippen MR) is 89.0 cm³/mol. The van der Waals surface area contributed by atoms with Gasteiger partial charge in [0.1, 0.15) is 4.21 Å². The zero-order valence-electron chi connectivity index (χ0n) is 12.3. The van der Waals surface area contributed by atoms with Crippen molar-refractivity contribution in [3.05, 3.63) is 15.9 Å². The lowest BCUT2D eigenvalue weighted by Gasteiger charge is -2.21. The molecule has 120 valence electrons. The number of nitrogens with one attached hydrogen (secondary N) is 1. The van der Waals surface area contributed by atoms with Gasteiger partial charge >= 0.3 is 0 Å². The van der Waals surface area contributed by atoms with E-state index in [1.54, 1.807) is 17.0 Å². The van der Waals surface area contributed by atoms with Crippen LogP contribution >= 0.6 is 27.3 Å². The third-order valence-electron chi connectivity index (χ3n) is 2.96. The average molecular weight is 397 g/mol. The number of hydrogen-bond acceptors (Lipinski definition) is 4. The Kier molecular flexibility index (Phi) is 7.86. The van der Waals surface area contributed by atoms with Crippen molar-refractivity contribution in [1.82, 2.24) is 9.62 Å². The number of halogens is 1. The van der Waals surface area contributed by atoms with Crippen LogP contribution in [0, 0.1) is 0 Å². The molecule has 0 fully saturated rings. The fourth-order valence-electron chi connectivity index (χ4n) is 1.81. The first kappa shape index (κ1) is 18.6. The zero-order chi connectivity index (χ0) is 15.9. The van der Waals surface area contributed by atoms with Gasteiger partial charge in [-0.25, -0.2) is 13.1 Å². The Morgan fingerprint density at radius 3 is 2.57 bits per heavy atom. The van der Waals surface area contributed by atoms with Crippen molar-refractivity contribution in [2.45, 2.75) is 37.3 Å². The molecular formula is C13H21BrN2O3S2. The van der Waals surface area contributed by atoms with Gasteiger partial charge in [0.25, 0.3) is 0 Å². The number of rotatable bonds is 9. The molecule has 0 saturated heterocycles. The highest BCUT2D eigenvalue weighted by molar-refractivity contribution is 9.11. The molecule has 0 aliphatic heterocycles. The molecule has 1 heterocycles. The first-order chi connectivity index (χ1) is 9.86. The summed E-state index contributed by atoms with van der Waals surface area (Å²) in [5, 5.41) is 0. The van der Waals surface area contributed by atoms with Crippen molar-refractivity contribution >= 4 is 43.2 Å². The van der Waals surface area contributed by atoms with E-state index in [1.165, 1.54) is 6.92 Å². The highest BCUT2D eigenvalue weighted by atomic mass is 79.9. The average Bonchev–Trinajstić information content (AvgIpc) is 2.84. The molecule has 0 unspecified atom stereocenters. The van der Waals surface area contributed by atoms with E-state index in [0.29, 0.717) is 13.1 Å². The van der Waals surface area contributed by atoms with Crippen molar-refractivity contribution < 1.29 is 13.2 Å². The molecule has 0 aliphatic carbocycles. The van der Waals surface area contributed by atoms with Crippen LogP contribution < -0.4 is 4.72 Å². The molecule has 0 bridgehead atoms. The fourth-order valence-corrected chi connectivity index (χ4v) is 4.88. The van der Waals surface area contributed by atoms with E-state index in [9.17, 15) is 13.2 Å². The second-order valence-corrected chi connectivity index (χ2v) is 9.13. The maximum absolute atomic E-state index is 12.0. The Balaban J connectivity index is 2.48. The van der Waals surface area contributed by atoms with E-state index < -0.39 is 10.0 Å². The van der Waals surface area contributed by atoms with Crippen LogP contribution in [-0.4, -0.2) is 38.9 Å². The van der Waals surface area contributed by atoms with Crippen LogP contribution in [0.2, 0.25) is 0 Å². The van der Waals surface area contributed by atoms with Crippen molar-refractivity contribution in [2.24, 2.45) is 0 Å². The summed E-state index contributed by atoms with van der Waals surface area (Å²) in [4.78, 5) is 13.2. The molecule has 0 aliphatic rings. The number of amides is 1. The number of carbonyl (C=O) groups is 1. The van der Waals surface area contributed by atoms with Crippen LogP contribution in [0.3, 0.4) is 0 Å². The highest BCUT2D eigenvalue weighted by Crippen LogP contribution is 2.25. The van der Waals surface area contributed by atoms with Gasteiger partial charge < -0.3 is 4.90 Å². The van der Waals surface area contributed by atoms with E-state index in [2.05, 4.69) is 27.6 Å². The molecular weight excluding hydrogens is 376 g/mol. The minimum atomic E-state index is -3.49. The van der Waals surface area contributed by atoms with Crippen molar-refractivity contribution in [3.63, 3.8) is 0 Å². The molecule has 1 N–H and O–H groups in total. The Labute approximate surface area is 138 Å². The molecule has 0 saturated carbocycles. The molecule has 1 aromatic rings. The standard InChI is InChI=1S/C13H21BrN2O3S2/c1-3-4-5-9-16(11(2)17)10-8-15-21(18,19)13-7-6-12(14)20-13/h6-7,15H,3-5,8-10H2,1-2H3. The Hall–Kier alpha value is -0.440. The van der Waals surface area contributed by atoms with Crippen LogP contribution in [0.25, 0.3) is 0 Å². The van der Waals surface area contributed by atoms with Crippen molar-refractivity contribution in [1.29, 1.82) is 0 Å². The van der Waals surface area contributed by atoms with E-state index in [0.717, 1.165) is 34.4 Å². The maximum atomic E-state index is 12.0. The van der Waals surface area contributed by atoms with Crippen LogP contribution in [0.15, 0.2) is 20.1 Å². The van der Waals surface area contributed by atoms with Crippen LogP contribution in [0.5, 0.6) is 0 Å². The van der Waals surface area contributed by atoms with Gasteiger partial charge in [0, 0.05) is 26.6 Å². The Morgan fingerprint density at radius 1 is 1.33 bits per heavy atom. The number of hydrogen-bond donors (Lipinski definition) is 1.